The van der Waals surface area contributed by atoms with E-state index < -0.39 is 60.8 Å². The lowest BCUT2D eigenvalue weighted by atomic mass is 9.94. The first-order chi connectivity index (χ1) is 16.4. The van der Waals surface area contributed by atoms with Crippen LogP contribution in [-0.4, -0.2) is 96.1 Å². The summed E-state index contributed by atoms with van der Waals surface area (Å²) in [5.41, 5.74) is 0.340. The van der Waals surface area contributed by atoms with Crippen molar-refractivity contribution in [1.29, 1.82) is 0 Å². The van der Waals surface area contributed by atoms with E-state index in [0.29, 0.717) is 16.7 Å². The second-order valence-electron chi connectivity index (χ2n) is 9.19. The third-order valence-corrected chi connectivity index (χ3v) is 5.16. The largest absolute Gasteiger partial charge is 0.444 e. The molecule has 0 saturated carbocycles. The molecule has 6 atom stereocenters. The predicted molar refractivity (Wildman–Crippen MR) is 123 cm³/mol. The quantitative estimate of drug-likeness (QED) is 0.237. The van der Waals surface area contributed by atoms with Crippen LogP contribution < -0.4 is 16.0 Å². The van der Waals surface area contributed by atoms with Gasteiger partial charge in [-0.1, -0.05) is 6.58 Å². The Labute approximate surface area is 201 Å². The maximum Gasteiger partial charge on any atom is 0.408 e. The van der Waals surface area contributed by atoms with Crippen LogP contribution in [0.3, 0.4) is 0 Å². The Hall–Kier alpha value is -3.33. The number of hydrogen-bond donors (Lipinski definition) is 7. The van der Waals surface area contributed by atoms with Crippen molar-refractivity contribution in [2.24, 2.45) is 0 Å². The van der Waals surface area contributed by atoms with E-state index in [1.807, 2.05) is 0 Å². The molecule has 35 heavy (non-hydrogen) atoms. The highest BCUT2D eigenvalue weighted by atomic mass is 16.6. The summed E-state index contributed by atoms with van der Waals surface area (Å²) in [5.74, 6) is -0.477. The van der Waals surface area contributed by atoms with Gasteiger partial charge in [-0.25, -0.2) is 19.7 Å². The number of hydrogen-bond acceptors (Lipinski definition) is 11. The van der Waals surface area contributed by atoms with E-state index in [9.17, 15) is 24.9 Å². The number of aromatic amines is 1. The van der Waals surface area contributed by atoms with E-state index >= 15 is 0 Å². The molecule has 3 rings (SSSR count). The van der Waals surface area contributed by atoms with Crippen LogP contribution >= 0.6 is 0 Å². The minimum absolute atomic E-state index is 0.256. The first-order valence-corrected chi connectivity index (χ1v) is 10.9. The fourth-order valence-electron chi connectivity index (χ4n) is 3.51. The highest BCUT2D eigenvalue weighted by Gasteiger charge is 2.46. The Balaban J connectivity index is 1.71. The molecule has 2 amide bonds. The number of aliphatic hydroxyl groups is 3. The van der Waals surface area contributed by atoms with E-state index in [1.165, 1.54) is 19.6 Å². The standard InChI is InChI=1S/C21H31N7O7/c1-9(2)11(27-20(33)35-21(3,4)5)18(32)26-12-10(6-29)34-19(15(31)14(12)30)28-17-13-16(23-7-22-13)24-8-25-17/h7-8,10-12,14-15,19,29-31H,1,6H2,2-5H3,(H,26,32)(H,27,33)(H2,22,23,24,25,28)/t10-,11-,12?,14+,15-,19-/m0/s1. The summed E-state index contributed by atoms with van der Waals surface area (Å²) in [6.45, 7) is 9.69. The van der Waals surface area contributed by atoms with Crippen LogP contribution in [0.15, 0.2) is 24.8 Å². The molecule has 1 unspecified atom stereocenters. The fourth-order valence-corrected chi connectivity index (χ4v) is 3.51. The Morgan fingerprint density at radius 2 is 1.97 bits per heavy atom. The van der Waals surface area contributed by atoms with Crippen LogP contribution in [0.1, 0.15) is 27.7 Å². The minimum Gasteiger partial charge on any atom is -0.444 e. The number of carbonyl (C=O) groups is 2. The summed E-state index contributed by atoms with van der Waals surface area (Å²) in [6, 6.07) is -2.40. The monoisotopic (exact) mass is 493 g/mol. The number of rotatable bonds is 7. The van der Waals surface area contributed by atoms with E-state index in [-0.39, 0.29) is 5.82 Å². The van der Waals surface area contributed by atoms with Crippen molar-refractivity contribution < 1.29 is 34.4 Å². The zero-order chi connectivity index (χ0) is 25.9. The molecule has 1 aliphatic rings. The lowest BCUT2D eigenvalue weighted by Gasteiger charge is -2.43. The van der Waals surface area contributed by atoms with Crippen molar-refractivity contribution in [1.82, 2.24) is 30.6 Å². The first kappa shape index (κ1) is 26.3. The topological polar surface area (TPSA) is 204 Å². The number of nitrogens with one attached hydrogen (secondary N) is 4. The molecule has 0 spiro atoms. The van der Waals surface area contributed by atoms with Crippen LogP contribution in [-0.2, 0) is 14.3 Å². The molecule has 192 valence electrons. The average molecular weight is 494 g/mol. The number of alkyl carbamates (subject to hydrolysis) is 1. The zero-order valence-corrected chi connectivity index (χ0v) is 19.8. The molecule has 1 saturated heterocycles. The Morgan fingerprint density at radius 1 is 1.26 bits per heavy atom. The van der Waals surface area contributed by atoms with Gasteiger partial charge in [0.05, 0.1) is 19.0 Å². The fraction of sp³-hybridized carbons (Fsp3) is 0.571. The Morgan fingerprint density at radius 3 is 2.60 bits per heavy atom. The molecule has 0 aliphatic carbocycles. The molecule has 0 bridgehead atoms. The van der Waals surface area contributed by atoms with Gasteiger partial charge in [-0.2, -0.15) is 0 Å². The van der Waals surface area contributed by atoms with Gasteiger partial charge >= 0.3 is 6.09 Å². The predicted octanol–water partition coefficient (Wildman–Crippen LogP) is -0.842. The molecule has 14 nitrogen and oxygen atoms in total. The van der Waals surface area contributed by atoms with Gasteiger partial charge in [0.15, 0.2) is 17.7 Å². The third kappa shape index (κ3) is 6.22. The lowest BCUT2D eigenvalue weighted by Crippen LogP contribution is -2.67. The number of aliphatic hydroxyl groups excluding tert-OH is 3. The number of aromatic nitrogens is 4. The van der Waals surface area contributed by atoms with Crippen LogP contribution in [0, 0.1) is 0 Å². The number of H-pyrrole nitrogens is 1. The van der Waals surface area contributed by atoms with Gasteiger partial charge in [0.25, 0.3) is 0 Å². The average Bonchev–Trinajstić information content (AvgIpc) is 3.25. The van der Waals surface area contributed by atoms with Crippen molar-refractivity contribution in [3.63, 3.8) is 0 Å². The van der Waals surface area contributed by atoms with Gasteiger partial charge in [-0.15, -0.1) is 0 Å². The Kier molecular flexibility index (Phi) is 7.90. The van der Waals surface area contributed by atoms with Crippen molar-refractivity contribution in [2.45, 2.75) is 69.9 Å². The van der Waals surface area contributed by atoms with Crippen LogP contribution in [0.2, 0.25) is 0 Å². The Bertz CT molecular complexity index is 1070. The van der Waals surface area contributed by atoms with Crippen molar-refractivity contribution in [3.05, 3.63) is 24.8 Å². The summed E-state index contributed by atoms with van der Waals surface area (Å²) in [5, 5.41) is 39.1. The second kappa shape index (κ2) is 10.5. The third-order valence-electron chi connectivity index (χ3n) is 5.16. The molecular formula is C21H31N7O7. The number of fused-ring (bicyclic) bond motifs is 1. The number of amides is 2. The summed E-state index contributed by atoms with van der Waals surface area (Å²) in [4.78, 5) is 40.1. The number of carbonyl (C=O) groups excluding carboxylic acids is 2. The highest BCUT2D eigenvalue weighted by molar-refractivity contribution is 5.88. The minimum atomic E-state index is -1.55. The highest BCUT2D eigenvalue weighted by Crippen LogP contribution is 2.24. The molecule has 0 radical (unpaired) electrons. The van der Waals surface area contributed by atoms with Crippen molar-refractivity contribution >= 4 is 29.0 Å². The molecule has 0 aromatic carbocycles. The summed E-state index contributed by atoms with van der Waals surface area (Å²) >= 11 is 0. The zero-order valence-electron chi connectivity index (χ0n) is 19.8. The number of imidazole rings is 1. The molecule has 14 heteroatoms. The molecule has 3 heterocycles. The molecule has 2 aromatic rings. The van der Waals surface area contributed by atoms with E-state index in [4.69, 9.17) is 9.47 Å². The second-order valence-corrected chi connectivity index (χ2v) is 9.19. The summed E-state index contributed by atoms with van der Waals surface area (Å²) in [6.07, 6.45) is -3.53. The van der Waals surface area contributed by atoms with Crippen LogP contribution in [0.25, 0.3) is 11.2 Å². The molecule has 7 N–H and O–H groups in total. The van der Waals surface area contributed by atoms with Gasteiger partial charge in [0, 0.05) is 0 Å². The van der Waals surface area contributed by atoms with E-state index in [2.05, 4.69) is 42.5 Å². The van der Waals surface area contributed by atoms with Gasteiger partial charge in [-0.3, -0.25) is 4.79 Å². The van der Waals surface area contributed by atoms with E-state index in [0.717, 1.165) is 0 Å². The normalized spacial score (nSPS) is 25.5. The van der Waals surface area contributed by atoms with Gasteiger partial charge in [-0.05, 0) is 33.3 Å². The molecule has 2 aromatic heterocycles. The number of ether oxygens (including phenoxy) is 2. The van der Waals surface area contributed by atoms with Gasteiger partial charge < -0.3 is 45.7 Å². The SMILES string of the molecule is C=C(C)[C@H](NC(=O)OC(C)(C)C)C(=O)NC1[C@H](CO)O[C@H](Nc2ncnc3nc[nH]c23)[C@@H](O)[C@@H]1O. The maximum absolute atomic E-state index is 12.9. The summed E-state index contributed by atoms with van der Waals surface area (Å²) < 4.78 is 10.9. The van der Waals surface area contributed by atoms with E-state index in [1.54, 1.807) is 20.8 Å². The van der Waals surface area contributed by atoms with Crippen LogP contribution in [0.5, 0.6) is 0 Å². The van der Waals surface area contributed by atoms with Gasteiger partial charge in [0.1, 0.15) is 41.8 Å². The number of anilines is 1. The first-order valence-electron chi connectivity index (χ1n) is 10.9. The van der Waals surface area contributed by atoms with Gasteiger partial charge in [0.2, 0.25) is 5.91 Å². The molecular weight excluding hydrogens is 462 g/mol. The summed E-state index contributed by atoms with van der Waals surface area (Å²) in [7, 11) is 0. The van der Waals surface area contributed by atoms with Crippen molar-refractivity contribution in [2.75, 3.05) is 11.9 Å². The lowest BCUT2D eigenvalue weighted by molar-refractivity contribution is -0.185. The molecule has 1 fully saturated rings. The van der Waals surface area contributed by atoms with Crippen molar-refractivity contribution in [3.8, 4) is 0 Å². The number of nitrogens with zero attached hydrogens (tertiary/aromatic N) is 3. The smallest absolute Gasteiger partial charge is 0.408 e. The van der Waals surface area contributed by atoms with Crippen LogP contribution in [0.4, 0.5) is 10.6 Å². The molecule has 1 aliphatic heterocycles. The maximum atomic E-state index is 12.9.